The zero-order valence-electron chi connectivity index (χ0n) is 13.6. The molecule has 5 heteroatoms. The Kier molecular flexibility index (Phi) is 4.20. The molecule has 0 unspecified atom stereocenters. The third-order valence-corrected chi connectivity index (χ3v) is 4.63. The van der Waals surface area contributed by atoms with Crippen LogP contribution in [0, 0.1) is 11.7 Å². The summed E-state index contributed by atoms with van der Waals surface area (Å²) in [5, 5.41) is 3.04. The van der Waals surface area contributed by atoms with E-state index in [4.69, 9.17) is 0 Å². The van der Waals surface area contributed by atoms with Gasteiger partial charge in [0, 0.05) is 43.2 Å². The second-order valence-corrected chi connectivity index (χ2v) is 6.84. The molecule has 0 fully saturated rings. The molecule has 1 aliphatic heterocycles. The molecule has 23 heavy (non-hydrogen) atoms. The van der Waals surface area contributed by atoms with Gasteiger partial charge in [0.15, 0.2) is 0 Å². The Morgan fingerprint density at radius 3 is 3.09 bits per heavy atom. The Bertz CT molecular complexity index is 708. The molecule has 0 saturated carbocycles. The fraction of sp³-hybridized carbons (Fsp3) is 0.444. The fourth-order valence-corrected chi connectivity index (χ4v) is 3.04. The van der Waals surface area contributed by atoms with Gasteiger partial charge in [-0.3, -0.25) is 4.79 Å². The van der Waals surface area contributed by atoms with Gasteiger partial charge in [0.05, 0.1) is 0 Å². The van der Waals surface area contributed by atoms with E-state index in [0.29, 0.717) is 13.0 Å². The molecule has 1 atom stereocenters. The maximum atomic E-state index is 13.4. The number of rotatable bonds is 4. The molecule has 1 N–H and O–H groups in total. The van der Waals surface area contributed by atoms with Gasteiger partial charge >= 0.3 is 0 Å². The molecule has 0 aliphatic carbocycles. The highest BCUT2D eigenvalue weighted by Gasteiger charge is 2.27. The minimum Gasteiger partial charge on any atom is -0.355 e. The maximum Gasteiger partial charge on any atom is 0.223 e. The first kappa shape index (κ1) is 15.7. The number of aryl methyl sites for hydroxylation is 1. The summed E-state index contributed by atoms with van der Waals surface area (Å²) in [5.74, 6) is 0.749. The monoisotopic (exact) mass is 315 g/mol. The zero-order chi connectivity index (χ0) is 16.4. The van der Waals surface area contributed by atoms with Gasteiger partial charge in [0.25, 0.3) is 0 Å². The minimum absolute atomic E-state index is 0.0341. The van der Waals surface area contributed by atoms with Crippen LogP contribution in [0.5, 0.6) is 0 Å². The van der Waals surface area contributed by atoms with Crippen LogP contribution in [0.25, 0.3) is 0 Å². The smallest absolute Gasteiger partial charge is 0.223 e. The third-order valence-electron chi connectivity index (χ3n) is 4.63. The van der Waals surface area contributed by atoms with Crippen LogP contribution in [-0.4, -0.2) is 22.0 Å². The number of nitrogens with zero attached hydrogens (tertiary/aromatic N) is 2. The predicted octanol–water partition coefficient (Wildman–Crippen LogP) is 2.68. The molecule has 2 aromatic rings. The molecule has 0 radical (unpaired) electrons. The quantitative estimate of drug-likeness (QED) is 0.943. The van der Waals surface area contributed by atoms with Crippen molar-refractivity contribution >= 4 is 5.91 Å². The lowest BCUT2D eigenvalue weighted by Crippen LogP contribution is -2.41. The van der Waals surface area contributed by atoms with Crippen molar-refractivity contribution < 1.29 is 9.18 Å². The van der Waals surface area contributed by atoms with Gasteiger partial charge in [0.1, 0.15) is 11.6 Å². The van der Waals surface area contributed by atoms with Crippen LogP contribution in [0.3, 0.4) is 0 Å². The second-order valence-electron chi connectivity index (χ2n) is 6.84. The van der Waals surface area contributed by atoms with Crippen molar-refractivity contribution in [3.8, 4) is 0 Å². The minimum atomic E-state index is -0.315. The topological polar surface area (TPSA) is 46.9 Å². The van der Waals surface area contributed by atoms with E-state index in [1.165, 1.54) is 12.1 Å². The number of imidazole rings is 1. The summed E-state index contributed by atoms with van der Waals surface area (Å²) < 4.78 is 15.5. The van der Waals surface area contributed by atoms with Gasteiger partial charge in [0.2, 0.25) is 5.91 Å². The molecule has 1 aliphatic rings. The number of carbonyl (C=O) groups excluding carboxylic acids is 1. The summed E-state index contributed by atoms with van der Waals surface area (Å²) >= 11 is 0. The van der Waals surface area contributed by atoms with E-state index >= 15 is 0 Å². The zero-order valence-corrected chi connectivity index (χ0v) is 13.6. The van der Waals surface area contributed by atoms with Crippen molar-refractivity contribution in [2.24, 2.45) is 5.92 Å². The van der Waals surface area contributed by atoms with Crippen LogP contribution in [0.2, 0.25) is 0 Å². The Morgan fingerprint density at radius 2 is 2.30 bits per heavy atom. The van der Waals surface area contributed by atoms with Crippen LogP contribution < -0.4 is 5.32 Å². The van der Waals surface area contributed by atoms with Crippen LogP contribution in [-0.2, 0) is 23.2 Å². The first-order valence-electron chi connectivity index (χ1n) is 7.99. The van der Waals surface area contributed by atoms with Crippen LogP contribution in [0.4, 0.5) is 4.39 Å². The summed E-state index contributed by atoms with van der Waals surface area (Å²) in [6.45, 7) is 5.34. The van der Waals surface area contributed by atoms with Crippen molar-refractivity contribution in [2.75, 3.05) is 6.54 Å². The van der Waals surface area contributed by atoms with Gasteiger partial charge in [-0.05, 0) is 24.1 Å². The summed E-state index contributed by atoms with van der Waals surface area (Å²) in [5.41, 5.74) is 0.572. The first-order chi connectivity index (χ1) is 11.0. The molecule has 0 spiro atoms. The Balaban J connectivity index is 1.60. The van der Waals surface area contributed by atoms with Crippen molar-refractivity contribution in [1.82, 2.24) is 14.9 Å². The van der Waals surface area contributed by atoms with E-state index in [0.717, 1.165) is 24.4 Å². The average molecular weight is 315 g/mol. The Labute approximate surface area is 135 Å². The van der Waals surface area contributed by atoms with E-state index in [9.17, 15) is 9.18 Å². The summed E-state index contributed by atoms with van der Waals surface area (Å²) in [6, 6.07) is 6.56. The molecular formula is C18H22FN3O. The largest absolute Gasteiger partial charge is 0.355 e. The molecule has 4 nitrogen and oxygen atoms in total. The van der Waals surface area contributed by atoms with E-state index in [2.05, 4.69) is 14.9 Å². The molecule has 2 heterocycles. The number of carbonyl (C=O) groups is 1. The molecular weight excluding hydrogens is 293 g/mol. The van der Waals surface area contributed by atoms with E-state index in [-0.39, 0.29) is 23.1 Å². The van der Waals surface area contributed by atoms with Crippen molar-refractivity contribution in [3.63, 3.8) is 0 Å². The molecule has 1 amide bonds. The fourth-order valence-electron chi connectivity index (χ4n) is 3.04. The van der Waals surface area contributed by atoms with E-state index in [1.807, 2.05) is 26.1 Å². The standard InChI is InChI=1S/C18H22FN3O/c1-18(2,14-4-3-5-15(19)11-14)12-21-17(23)13-6-8-22-9-7-20-16(22)10-13/h3-5,7,9,11,13H,6,8,10,12H2,1-2H3,(H,21,23)/t13-/m1/s1. The number of hydrogen-bond donors (Lipinski definition) is 1. The van der Waals surface area contributed by atoms with Crippen LogP contribution >= 0.6 is 0 Å². The molecule has 3 rings (SSSR count). The number of hydrogen-bond acceptors (Lipinski definition) is 2. The van der Waals surface area contributed by atoms with E-state index < -0.39 is 0 Å². The molecule has 1 aromatic heterocycles. The van der Waals surface area contributed by atoms with Crippen LogP contribution in [0.1, 0.15) is 31.7 Å². The lowest BCUT2D eigenvalue weighted by molar-refractivity contribution is -0.125. The van der Waals surface area contributed by atoms with Crippen molar-refractivity contribution in [3.05, 3.63) is 53.9 Å². The van der Waals surface area contributed by atoms with Crippen molar-refractivity contribution in [1.29, 1.82) is 0 Å². The highest BCUT2D eigenvalue weighted by Crippen LogP contribution is 2.24. The highest BCUT2D eigenvalue weighted by atomic mass is 19.1. The molecule has 0 saturated heterocycles. The van der Waals surface area contributed by atoms with Crippen LogP contribution in [0.15, 0.2) is 36.7 Å². The lowest BCUT2D eigenvalue weighted by atomic mass is 9.84. The van der Waals surface area contributed by atoms with Gasteiger partial charge in [-0.1, -0.05) is 26.0 Å². The number of halogens is 1. The second kappa shape index (κ2) is 6.14. The predicted molar refractivity (Wildman–Crippen MR) is 86.5 cm³/mol. The highest BCUT2D eigenvalue weighted by molar-refractivity contribution is 5.79. The Hall–Kier alpha value is -2.17. The van der Waals surface area contributed by atoms with Gasteiger partial charge in [-0.2, -0.15) is 0 Å². The van der Waals surface area contributed by atoms with Gasteiger partial charge in [-0.15, -0.1) is 0 Å². The number of amides is 1. The number of benzene rings is 1. The van der Waals surface area contributed by atoms with E-state index in [1.54, 1.807) is 12.3 Å². The third kappa shape index (κ3) is 3.44. The average Bonchev–Trinajstić information content (AvgIpc) is 3.00. The Morgan fingerprint density at radius 1 is 1.48 bits per heavy atom. The van der Waals surface area contributed by atoms with Gasteiger partial charge in [-0.25, -0.2) is 9.37 Å². The van der Waals surface area contributed by atoms with Crippen molar-refractivity contribution in [2.45, 2.75) is 38.6 Å². The number of fused-ring (bicyclic) bond motifs is 1. The normalized spacial score (nSPS) is 17.6. The van der Waals surface area contributed by atoms with Gasteiger partial charge < -0.3 is 9.88 Å². The molecule has 0 bridgehead atoms. The summed E-state index contributed by atoms with van der Waals surface area (Å²) in [4.78, 5) is 16.7. The number of nitrogens with one attached hydrogen (secondary N) is 1. The molecule has 122 valence electrons. The lowest BCUT2D eigenvalue weighted by Gasteiger charge is -2.28. The maximum absolute atomic E-state index is 13.4. The summed E-state index contributed by atoms with van der Waals surface area (Å²) in [6.07, 6.45) is 5.24. The summed E-state index contributed by atoms with van der Waals surface area (Å²) in [7, 11) is 0. The first-order valence-corrected chi connectivity index (χ1v) is 7.99. The number of aromatic nitrogens is 2. The molecule has 1 aromatic carbocycles. The SMILES string of the molecule is CC(C)(CNC(=O)[C@@H]1CCn2ccnc2C1)c1cccc(F)c1.